The van der Waals surface area contributed by atoms with Crippen molar-refractivity contribution in [2.75, 3.05) is 19.6 Å². The number of benzene rings is 1. The fourth-order valence-electron chi connectivity index (χ4n) is 1.94. The average Bonchev–Trinajstić information content (AvgIpc) is 2.70. The predicted molar refractivity (Wildman–Crippen MR) is 55.8 cm³/mol. The Morgan fingerprint density at radius 1 is 1.07 bits per heavy atom. The van der Waals surface area contributed by atoms with E-state index in [-0.39, 0.29) is 5.82 Å². The molecule has 0 radical (unpaired) electrons. The number of hydrogen-bond donors (Lipinski definition) is 0. The van der Waals surface area contributed by atoms with E-state index in [2.05, 4.69) is 4.90 Å². The standard InChI is InChI=1S/C12H16FN/c13-12-5-3-11(4-6-12)7-10-14-8-1-2-9-14/h3-6H,1-2,7-10H2. The Bertz CT molecular complexity index is 275. The molecule has 0 N–H and O–H groups in total. The molecule has 1 aromatic rings. The van der Waals surface area contributed by atoms with E-state index in [0.717, 1.165) is 13.0 Å². The molecule has 1 aromatic carbocycles. The van der Waals surface area contributed by atoms with E-state index < -0.39 is 0 Å². The van der Waals surface area contributed by atoms with Crippen LogP contribution < -0.4 is 0 Å². The van der Waals surface area contributed by atoms with Crippen molar-refractivity contribution >= 4 is 0 Å². The molecule has 0 unspecified atom stereocenters. The fourth-order valence-corrected chi connectivity index (χ4v) is 1.94. The van der Waals surface area contributed by atoms with Crippen LogP contribution in [0.1, 0.15) is 18.4 Å². The second-order valence-corrected chi connectivity index (χ2v) is 3.93. The van der Waals surface area contributed by atoms with Crippen molar-refractivity contribution in [3.05, 3.63) is 35.6 Å². The van der Waals surface area contributed by atoms with Gasteiger partial charge in [-0.25, -0.2) is 4.39 Å². The number of rotatable bonds is 3. The second kappa shape index (κ2) is 4.56. The molecule has 0 saturated carbocycles. The van der Waals surface area contributed by atoms with Crippen molar-refractivity contribution in [1.82, 2.24) is 4.90 Å². The third kappa shape index (κ3) is 2.55. The quantitative estimate of drug-likeness (QED) is 0.712. The molecular formula is C12H16FN. The predicted octanol–water partition coefficient (Wildman–Crippen LogP) is 2.46. The Kier molecular flexibility index (Phi) is 3.14. The molecule has 1 nitrogen and oxygen atoms in total. The maximum absolute atomic E-state index is 12.6. The summed E-state index contributed by atoms with van der Waals surface area (Å²) in [6.07, 6.45) is 3.72. The van der Waals surface area contributed by atoms with Crippen molar-refractivity contribution in [3.8, 4) is 0 Å². The lowest BCUT2D eigenvalue weighted by atomic mass is 10.1. The lowest BCUT2D eigenvalue weighted by Gasteiger charge is -2.13. The van der Waals surface area contributed by atoms with E-state index in [4.69, 9.17) is 0 Å². The molecule has 1 saturated heterocycles. The molecule has 1 aliphatic rings. The van der Waals surface area contributed by atoms with Crippen molar-refractivity contribution in [2.45, 2.75) is 19.3 Å². The van der Waals surface area contributed by atoms with Gasteiger partial charge < -0.3 is 4.90 Å². The minimum Gasteiger partial charge on any atom is -0.303 e. The minimum atomic E-state index is -0.144. The van der Waals surface area contributed by atoms with Gasteiger partial charge >= 0.3 is 0 Å². The van der Waals surface area contributed by atoms with Crippen molar-refractivity contribution in [2.24, 2.45) is 0 Å². The number of likely N-dealkylation sites (tertiary alicyclic amines) is 1. The van der Waals surface area contributed by atoms with Crippen LogP contribution in [0, 0.1) is 5.82 Å². The van der Waals surface area contributed by atoms with E-state index in [1.165, 1.54) is 31.5 Å². The van der Waals surface area contributed by atoms with Gasteiger partial charge in [-0.1, -0.05) is 12.1 Å². The summed E-state index contributed by atoms with van der Waals surface area (Å²) >= 11 is 0. The van der Waals surface area contributed by atoms with E-state index in [1.807, 2.05) is 12.1 Å². The van der Waals surface area contributed by atoms with Crippen molar-refractivity contribution in [1.29, 1.82) is 0 Å². The van der Waals surface area contributed by atoms with Gasteiger partial charge in [0.05, 0.1) is 0 Å². The summed E-state index contributed by atoms with van der Waals surface area (Å²) in [6.45, 7) is 3.59. The van der Waals surface area contributed by atoms with Crippen LogP contribution in [-0.4, -0.2) is 24.5 Å². The molecule has 0 aliphatic carbocycles. The van der Waals surface area contributed by atoms with E-state index in [0.29, 0.717) is 0 Å². The molecule has 14 heavy (non-hydrogen) atoms. The second-order valence-electron chi connectivity index (χ2n) is 3.93. The largest absolute Gasteiger partial charge is 0.303 e. The first-order valence-corrected chi connectivity index (χ1v) is 5.31. The summed E-state index contributed by atoms with van der Waals surface area (Å²) < 4.78 is 12.6. The monoisotopic (exact) mass is 193 g/mol. The summed E-state index contributed by atoms with van der Waals surface area (Å²) in [7, 11) is 0. The Morgan fingerprint density at radius 2 is 1.71 bits per heavy atom. The summed E-state index contributed by atoms with van der Waals surface area (Å²) in [4.78, 5) is 2.48. The van der Waals surface area contributed by atoms with Crippen LogP contribution in [0.15, 0.2) is 24.3 Å². The normalized spacial score (nSPS) is 17.5. The molecule has 0 aromatic heterocycles. The molecule has 76 valence electrons. The topological polar surface area (TPSA) is 3.24 Å². The van der Waals surface area contributed by atoms with E-state index in [9.17, 15) is 4.39 Å². The molecule has 0 atom stereocenters. The van der Waals surface area contributed by atoms with Crippen LogP contribution in [-0.2, 0) is 6.42 Å². The summed E-state index contributed by atoms with van der Waals surface area (Å²) in [6, 6.07) is 6.84. The van der Waals surface area contributed by atoms with E-state index in [1.54, 1.807) is 12.1 Å². The zero-order chi connectivity index (χ0) is 9.80. The van der Waals surface area contributed by atoms with Gasteiger partial charge in [-0.2, -0.15) is 0 Å². The number of nitrogens with zero attached hydrogens (tertiary/aromatic N) is 1. The molecule has 0 amide bonds. The summed E-state index contributed by atoms with van der Waals surface area (Å²) in [5.74, 6) is -0.144. The van der Waals surface area contributed by atoms with Crippen LogP contribution in [0.25, 0.3) is 0 Å². The molecule has 2 heteroatoms. The highest BCUT2D eigenvalue weighted by molar-refractivity contribution is 5.16. The van der Waals surface area contributed by atoms with Crippen LogP contribution >= 0.6 is 0 Å². The zero-order valence-electron chi connectivity index (χ0n) is 8.38. The molecule has 2 rings (SSSR count). The highest BCUT2D eigenvalue weighted by Crippen LogP contribution is 2.09. The first kappa shape index (κ1) is 9.66. The molecule has 1 aliphatic heterocycles. The van der Waals surface area contributed by atoms with Gasteiger partial charge in [0, 0.05) is 6.54 Å². The molecule has 1 heterocycles. The van der Waals surface area contributed by atoms with Crippen molar-refractivity contribution in [3.63, 3.8) is 0 Å². The van der Waals surface area contributed by atoms with Gasteiger partial charge in [0.25, 0.3) is 0 Å². The Morgan fingerprint density at radius 3 is 2.36 bits per heavy atom. The highest BCUT2D eigenvalue weighted by atomic mass is 19.1. The summed E-state index contributed by atoms with van der Waals surface area (Å²) in [5.41, 5.74) is 1.23. The van der Waals surface area contributed by atoms with Crippen molar-refractivity contribution < 1.29 is 4.39 Å². The van der Waals surface area contributed by atoms with Gasteiger partial charge in [-0.15, -0.1) is 0 Å². The molecule has 1 fully saturated rings. The molecule has 0 spiro atoms. The smallest absolute Gasteiger partial charge is 0.123 e. The molecular weight excluding hydrogens is 177 g/mol. The number of hydrogen-bond acceptors (Lipinski definition) is 1. The van der Waals surface area contributed by atoms with Crippen LogP contribution in [0.2, 0.25) is 0 Å². The van der Waals surface area contributed by atoms with Gasteiger partial charge in [0.15, 0.2) is 0 Å². The van der Waals surface area contributed by atoms with Gasteiger partial charge in [-0.3, -0.25) is 0 Å². The lowest BCUT2D eigenvalue weighted by Crippen LogP contribution is -2.21. The molecule has 0 bridgehead atoms. The average molecular weight is 193 g/mol. The lowest BCUT2D eigenvalue weighted by molar-refractivity contribution is 0.343. The number of halogens is 1. The Balaban J connectivity index is 1.82. The van der Waals surface area contributed by atoms with Gasteiger partial charge in [0.2, 0.25) is 0 Å². The Labute approximate surface area is 84.5 Å². The van der Waals surface area contributed by atoms with Gasteiger partial charge in [0.1, 0.15) is 5.82 Å². The third-order valence-electron chi connectivity index (χ3n) is 2.83. The SMILES string of the molecule is Fc1ccc(CCN2CCCC2)cc1. The summed E-state index contributed by atoms with van der Waals surface area (Å²) in [5, 5.41) is 0. The fraction of sp³-hybridized carbons (Fsp3) is 0.500. The highest BCUT2D eigenvalue weighted by Gasteiger charge is 2.10. The first-order valence-electron chi connectivity index (χ1n) is 5.31. The van der Waals surface area contributed by atoms with E-state index >= 15 is 0 Å². The maximum atomic E-state index is 12.6. The third-order valence-corrected chi connectivity index (χ3v) is 2.83. The maximum Gasteiger partial charge on any atom is 0.123 e. The van der Waals surface area contributed by atoms with Gasteiger partial charge in [-0.05, 0) is 50.0 Å². The zero-order valence-corrected chi connectivity index (χ0v) is 8.38. The van der Waals surface area contributed by atoms with Crippen LogP contribution in [0.5, 0.6) is 0 Å². The first-order chi connectivity index (χ1) is 6.84. The minimum absolute atomic E-state index is 0.144. The Hall–Kier alpha value is -0.890. The van der Waals surface area contributed by atoms with Crippen LogP contribution in [0.4, 0.5) is 4.39 Å². The van der Waals surface area contributed by atoms with Crippen LogP contribution in [0.3, 0.4) is 0 Å².